The van der Waals surface area contributed by atoms with Gasteiger partial charge in [0.15, 0.2) is 0 Å². The first-order valence-corrected chi connectivity index (χ1v) is 10.6. The van der Waals surface area contributed by atoms with E-state index < -0.39 is 10.0 Å². The van der Waals surface area contributed by atoms with Crippen molar-refractivity contribution in [3.63, 3.8) is 0 Å². The lowest BCUT2D eigenvalue weighted by atomic mass is 10.0. The molecule has 2 fully saturated rings. The molecule has 1 aromatic heterocycles. The van der Waals surface area contributed by atoms with Crippen LogP contribution in [-0.4, -0.2) is 37.5 Å². The van der Waals surface area contributed by atoms with Gasteiger partial charge in [0.2, 0.25) is 15.9 Å². The second-order valence-corrected chi connectivity index (χ2v) is 10.2. The molecule has 5 nitrogen and oxygen atoms in total. The Hall–Kier alpha value is -0.920. The quantitative estimate of drug-likeness (QED) is 0.848. The Morgan fingerprint density at radius 2 is 2.30 bits per heavy atom. The van der Waals surface area contributed by atoms with E-state index in [0.717, 1.165) is 17.7 Å². The molecule has 1 aliphatic carbocycles. The molecule has 2 atom stereocenters. The highest BCUT2D eigenvalue weighted by Crippen LogP contribution is 2.59. The third kappa shape index (κ3) is 3.61. The zero-order valence-electron chi connectivity index (χ0n) is 13.6. The Balaban J connectivity index is 1.54. The largest absolute Gasteiger partial charge is 0.351 e. The summed E-state index contributed by atoms with van der Waals surface area (Å²) in [4.78, 5) is 13.5. The lowest BCUT2D eigenvalue weighted by Crippen LogP contribution is -2.33. The molecule has 2 heterocycles. The van der Waals surface area contributed by atoms with Gasteiger partial charge in [0.05, 0.1) is 12.3 Å². The minimum absolute atomic E-state index is 0.0262. The third-order valence-electron chi connectivity index (χ3n) is 4.81. The van der Waals surface area contributed by atoms with Crippen molar-refractivity contribution in [2.24, 2.45) is 17.3 Å². The monoisotopic (exact) mass is 356 g/mol. The van der Waals surface area contributed by atoms with Crippen LogP contribution in [0.5, 0.6) is 0 Å². The Bertz CT molecular complexity index is 670. The Morgan fingerprint density at radius 3 is 2.96 bits per heavy atom. The topological polar surface area (TPSA) is 66.5 Å². The van der Waals surface area contributed by atoms with Crippen LogP contribution in [0.15, 0.2) is 17.5 Å². The summed E-state index contributed by atoms with van der Waals surface area (Å²) in [6, 6.07) is 3.97. The normalized spacial score (nSPS) is 27.7. The van der Waals surface area contributed by atoms with E-state index in [9.17, 15) is 13.2 Å². The highest BCUT2D eigenvalue weighted by Gasteiger charge is 2.61. The van der Waals surface area contributed by atoms with Gasteiger partial charge in [-0.05, 0) is 35.6 Å². The van der Waals surface area contributed by atoms with Gasteiger partial charge in [0.1, 0.15) is 0 Å². The van der Waals surface area contributed by atoms with Crippen molar-refractivity contribution in [3.8, 4) is 0 Å². The molecule has 1 aromatic rings. The molecule has 2 aliphatic rings. The summed E-state index contributed by atoms with van der Waals surface area (Å²) in [5.74, 6) is 0.363. The predicted octanol–water partition coefficient (Wildman–Crippen LogP) is 2.06. The zero-order valence-corrected chi connectivity index (χ0v) is 15.3. The molecule has 1 saturated heterocycles. The highest BCUT2D eigenvalue weighted by atomic mass is 32.2. The van der Waals surface area contributed by atoms with Gasteiger partial charge in [-0.3, -0.25) is 4.79 Å². The molecule has 0 aromatic carbocycles. The second-order valence-electron chi connectivity index (χ2n) is 7.17. The number of thiophene rings is 1. The number of hydrogen-bond donors (Lipinski definition) is 1. The number of carbonyl (C=O) groups is 1. The van der Waals surface area contributed by atoms with E-state index in [1.807, 2.05) is 31.4 Å². The average Bonchev–Trinajstić information content (AvgIpc) is 2.82. The van der Waals surface area contributed by atoms with Gasteiger partial charge >= 0.3 is 0 Å². The minimum Gasteiger partial charge on any atom is -0.351 e. The van der Waals surface area contributed by atoms with Gasteiger partial charge in [-0.25, -0.2) is 12.7 Å². The Morgan fingerprint density at radius 1 is 1.52 bits per heavy atom. The summed E-state index contributed by atoms with van der Waals surface area (Å²) >= 11 is 1.63. The zero-order chi connectivity index (χ0) is 16.7. The van der Waals surface area contributed by atoms with E-state index in [1.165, 1.54) is 0 Å². The van der Waals surface area contributed by atoms with Crippen molar-refractivity contribution in [3.05, 3.63) is 22.4 Å². The van der Waals surface area contributed by atoms with Crippen LogP contribution in [0.3, 0.4) is 0 Å². The average molecular weight is 357 g/mol. The number of nitrogens with one attached hydrogen (secondary N) is 1. The molecule has 1 aliphatic heterocycles. The lowest BCUT2D eigenvalue weighted by molar-refractivity contribution is -0.123. The molecular formula is C16H24N2O3S2. The molecule has 0 bridgehead atoms. The fourth-order valence-electron chi connectivity index (χ4n) is 3.50. The van der Waals surface area contributed by atoms with Gasteiger partial charge in [-0.1, -0.05) is 19.9 Å². The molecule has 7 heteroatoms. The van der Waals surface area contributed by atoms with Crippen LogP contribution in [0.2, 0.25) is 0 Å². The van der Waals surface area contributed by atoms with Crippen LogP contribution in [-0.2, 0) is 21.4 Å². The Labute approximate surface area is 142 Å². The van der Waals surface area contributed by atoms with E-state index in [1.54, 1.807) is 15.6 Å². The first-order chi connectivity index (χ1) is 10.8. The molecular weight excluding hydrogens is 332 g/mol. The van der Waals surface area contributed by atoms with Crippen molar-refractivity contribution in [2.75, 3.05) is 18.8 Å². The second kappa shape index (κ2) is 6.18. The van der Waals surface area contributed by atoms with Gasteiger partial charge in [0, 0.05) is 23.9 Å². The SMILES string of the molecule is CC(C)CS(=O)(=O)N1CC[C@]2(C[C@H]2C(=O)NCc2cccs2)C1. The van der Waals surface area contributed by atoms with Crippen LogP contribution in [0, 0.1) is 17.3 Å². The third-order valence-corrected chi connectivity index (χ3v) is 7.87. The lowest BCUT2D eigenvalue weighted by Gasteiger charge is -2.18. The molecule has 1 spiro atoms. The maximum Gasteiger partial charge on any atom is 0.224 e. The maximum absolute atomic E-state index is 12.3. The summed E-state index contributed by atoms with van der Waals surface area (Å²) in [6.45, 7) is 5.48. The maximum atomic E-state index is 12.3. The van der Waals surface area contributed by atoms with Gasteiger partial charge in [0.25, 0.3) is 0 Å². The summed E-state index contributed by atoms with van der Waals surface area (Å²) in [5.41, 5.74) is -0.108. The van der Waals surface area contributed by atoms with Gasteiger partial charge < -0.3 is 5.32 Å². The highest BCUT2D eigenvalue weighted by molar-refractivity contribution is 7.89. The molecule has 3 rings (SSSR count). The smallest absolute Gasteiger partial charge is 0.224 e. The van der Waals surface area contributed by atoms with Crippen molar-refractivity contribution in [1.82, 2.24) is 9.62 Å². The number of sulfonamides is 1. The molecule has 23 heavy (non-hydrogen) atoms. The molecule has 1 saturated carbocycles. The number of rotatable bonds is 6. The summed E-state index contributed by atoms with van der Waals surface area (Å²) < 4.78 is 26.3. The summed E-state index contributed by atoms with van der Waals surface area (Å²) in [5, 5.41) is 4.98. The van der Waals surface area contributed by atoms with E-state index in [4.69, 9.17) is 0 Å². The first kappa shape index (κ1) is 16.9. The van der Waals surface area contributed by atoms with Gasteiger partial charge in [-0.15, -0.1) is 11.3 Å². The number of hydrogen-bond acceptors (Lipinski definition) is 4. The molecule has 0 unspecified atom stereocenters. The molecule has 128 valence electrons. The summed E-state index contributed by atoms with van der Waals surface area (Å²) in [6.07, 6.45) is 1.62. The summed E-state index contributed by atoms with van der Waals surface area (Å²) in [7, 11) is -3.18. The fraction of sp³-hybridized carbons (Fsp3) is 0.688. The van der Waals surface area contributed by atoms with Crippen molar-refractivity contribution < 1.29 is 13.2 Å². The molecule has 1 amide bonds. The van der Waals surface area contributed by atoms with E-state index in [-0.39, 0.29) is 28.9 Å². The van der Waals surface area contributed by atoms with E-state index in [0.29, 0.717) is 19.6 Å². The molecule has 0 radical (unpaired) electrons. The van der Waals surface area contributed by atoms with Crippen molar-refractivity contribution >= 4 is 27.3 Å². The predicted molar refractivity (Wildman–Crippen MR) is 91.5 cm³/mol. The minimum atomic E-state index is -3.18. The number of carbonyl (C=O) groups excluding carboxylic acids is 1. The Kier molecular flexibility index (Phi) is 4.55. The van der Waals surface area contributed by atoms with Crippen LogP contribution >= 0.6 is 11.3 Å². The van der Waals surface area contributed by atoms with E-state index in [2.05, 4.69) is 5.32 Å². The van der Waals surface area contributed by atoms with Crippen LogP contribution in [0.1, 0.15) is 31.6 Å². The van der Waals surface area contributed by atoms with Crippen LogP contribution < -0.4 is 5.32 Å². The van der Waals surface area contributed by atoms with Crippen LogP contribution in [0.25, 0.3) is 0 Å². The van der Waals surface area contributed by atoms with Crippen molar-refractivity contribution in [1.29, 1.82) is 0 Å². The van der Waals surface area contributed by atoms with Crippen LogP contribution in [0.4, 0.5) is 0 Å². The van der Waals surface area contributed by atoms with E-state index >= 15 is 0 Å². The number of amides is 1. The fourth-order valence-corrected chi connectivity index (χ4v) is 6.02. The molecule has 1 N–H and O–H groups in total. The first-order valence-electron chi connectivity index (χ1n) is 8.10. The number of nitrogens with zero attached hydrogens (tertiary/aromatic N) is 1. The van der Waals surface area contributed by atoms with Crippen molar-refractivity contribution in [2.45, 2.75) is 33.2 Å². The standard InChI is InChI=1S/C16H24N2O3S2/c1-12(2)10-23(20,21)18-6-5-16(11-18)8-14(16)15(19)17-9-13-4-3-7-22-13/h3-4,7,12,14H,5-6,8-11H2,1-2H3,(H,17,19)/t14-,16-/m0/s1. The van der Waals surface area contributed by atoms with Gasteiger partial charge in [-0.2, -0.15) is 0 Å².